The van der Waals surface area contributed by atoms with Crippen molar-refractivity contribution < 1.29 is 9.53 Å². The number of hydrogen-bond acceptors (Lipinski definition) is 5. The topological polar surface area (TPSA) is 45.7 Å². The smallest absolute Gasteiger partial charge is 0.255 e. The molecule has 0 N–H and O–H groups in total. The van der Waals surface area contributed by atoms with Crippen LogP contribution in [-0.2, 0) is 30.7 Å². The number of pyridine rings is 1. The van der Waals surface area contributed by atoms with Gasteiger partial charge in [-0.15, -0.1) is 11.3 Å². The highest BCUT2D eigenvalue weighted by molar-refractivity contribution is 7.10. The molecule has 2 aromatic rings. The molecule has 1 amide bonds. The van der Waals surface area contributed by atoms with Crippen molar-refractivity contribution in [3.63, 3.8) is 0 Å². The lowest BCUT2D eigenvalue weighted by atomic mass is 10.0. The van der Waals surface area contributed by atoms with Crippen molar-refractivity contribution in [1.82, 2.24) is 14.8 Å². The zero-order valence-corrected chi connectivity index (χ0v) is 16.9. The number of rotatable bonds is 5. The van der Waals surface area contributed by atoms with E-state index in [4.69, 9.17) is 4.74 Å². The fourth-order valence-electron chi connectivity index (χ4n) is 3.96. The van der Waals surface area contributed by atoms with Crippen LogP contribution in [0, 0.1) is 0 Å². The molecule has 2 aliphatic rings. The van der Waals surface area contributed by atoms with Crippen LogP contribution in [0.4, 0.5) is 0 Å². The average molecular weight is 386 g/mol. The van der Waals surface area contributed by atoms with Gasteiger partial charge in [0.05, 0.1) is 17.4 Å². The summed E-state index contributed by atoms with van der Waals surface area (Å²) >= 11 is 1.73. The first-order valence-corrected chi connectivity index (χ1v) is 10.6. The van der Waals surface area contributed by atoms with E-state index in [0.717, 1.165) is 56.7 Å². The maximum absolute atomic E-state index is 12.9. The first-order valence-electron chi connectivity index (χ1n) is 9.75. The van der Waals surface area contributed by atoms with Gasteiger partial charge in [0.1, 0.15) is 0 Å². The number of fused-ring (bicyclic) bond motifs is 1. The van der Waals surface area contributed by atoms with Crippen molar-refractivity contribution in [1.29, 1.82) is 0 Å². The van der Waals surface area contributed by atoms with Crippen LogP contribution in [0.15, 0.2) is 23.7 Å². The van der Waals surface area contributed by atoms with Crippen LogP contribution in [0.25, 0.3) is 0 Å². The molecule has 5 nitrogen and oxygen atoms in total. The lowest BCUT2D eigenvalue weighted by Gasteiger charge is -2.27. The third kappa shape index (κ3) is 3.93. The van der Waals surface area contributed by atoms with Gasteiger partial charge in [0.25, 0.3) is 5.91 Å². The van der Waals surface area contributed by atoms with E-state index in [9.17, 15) is 4.79 Å². The van der Waals surface area contributed by atoms with Crippen molar-refractivity contribution in [2.75, 3.05) is 26.7 Å². The summed E-state index contributed by atoms with van der Waals surface area (Å²) in [5.74, 6) is 0.178. The molecule has 1 atom stereocenters. The molecule has 0 spiro atoms. The number of amides is 1. The van der Waals surface area contributed by atoms with Gasteiger partial charge in [0, 0.05) is 56.3 Å². The number of aryl methyl sites for hydroxylation is 1. The second-order valence-corrected chi connectivity index (χ2v) is 8.38. The fraction of sp³-hybridized carbons (Fsp3) is 0.524. The largest absolute Gasteiger partial charge is 0.380 e. The van der Waals surface area contributed by atoms with E-state index in [2.05, 4.69) is 34.3 Å². The van der Waals surface area contributed by atoms with Crippen molar-refractivity contribution >= 4 is 17.2 Å². The van der Waals surface area contributed by atoms with Gasteiger partial charge in [-0.3, -0.25) is 14.7 Å². The van der Waals surface area contributed by atoms with Crippen LogP contribution in [-0.4, -0.2) is 53.5 Å². The summed E-state index contributed by atoms with van der Waals surface area (Å²) in [7, 11) is 1.73. The van der Waals surface area contributed by atoms with E-state index in [1.807, 2.05) is 11.1 Å². The quantitative estimate of drug-likeness (QED) is 0.793. The Balaban J connectivity index is 1.41. The molecule has 0 radical (unpaired) electrons. The molecule has 0 saturated carbocycles. The normalized spacial score (nSPS) is 20.1. The molecule has 1 saturated heterocycles. The summed E-state index contributed by atoms with van der Waals surface area (Å²) in [5, 5.41) is 2.06. The van der Waals surface area contributed by atoms with Crippen LogP contribution in [0.1, 0.15) is 45.4 Å². The molecule has 2 aliphatic heterocycles. The number of aromatic nitrogens is 1. The number of thiophene rings is 1. The van der Waals surface area contributed by atoms with Crippen LogP contribution in [0.2, 0.25) is 0 Å². The van der Waals surface area contributed by atoms with Crippen molar-refractivity contribution in [2.24, 2.45) is 0 Å². The standard InChI is InChI=1S/C21H27N3O2S/c1-3-15-4-5-16(22-10-15)11-23-8-7-18-19(14-27-20(18)13-23)21(25)24-9-6-17(12-24)26-2/h4-5,10,14,17H,3,6-9,11-13H2,1-2H3/t17-/m0/s1. The van der Waals surface area contributed by atoms with Gasteiger partial charge < -0.3 is 9.64 Å². The highest BCUT2D eigenvalue weighted by Gasteiger charge is 2.30. The third-order valence-electron chi connectivity index (χ3n) is 5.70. The number of nitrogens with zero attached hydrogens (tertiary/aromatic N) is 3. The van der Waals surface area contributed by atoms with Crippen LogP contribution < -0.4 is 0 Å². The second kappa shape index (κ2) is 8.09. The lowest BCUT2D eigenvalue weighted by molar-refractivity contribution is 0.0723. The van der Waals surface area contributed by atoms with E-state index >= 15 is 0 Å². The minimum Gasteiger partial charge on any atom is -0.380 e. The fourth-order valence-corrected chi connectivity index (χ4v) is 5.07. The number of ether oxygens (including phenoxy) is 1. The van der Waals surface area contributed by atoms with Crippen LogP contribution in [0.3, 0.4) is 0 Å². The van der Waals surface area contributed by atoms with Gasteiger partial charge in [0.2, 0.25) is 0 Å². The number of likely N-dealkylation sites (tertiary alicyclic amines) is 1. The molecular formula is C21H27N3O2S. The second-order valence-electron chi connectivity index (χ2n) is 7.42. The van der Waals surface area contributed by atoms with Gasteiger partial charge in [-0.25, -0.2) is 0 Å². The zero-order chi connectivity index (χ0) is 18.8. The van der Waals surface area contributed by atoms with Crippen LogP contribution >= 0.6 is 11.3 Å². The van der Waals surface area contributed by atoms with Crippen molar-refractivity contribution in [3.8, 4) is 0 Å². The van der Waals surface area contributed by atoms with Gasteiger partial charge in [0.15, 0.2) is 0 Å². The Morgan fingerprint density at radius 2 is 2.26 bits per heavy atom. The first-order chi connectivity index (χ1) is 13.2. The average Bonchev–Trinajstić information content (AvgIpc) is 3.35. The molecule has 4 rings (SSSR count). The Bertz CT molecular complexity index is 802. The lowest BCUT2D eigenvalue weighted by Crippen LogP contribution is -2.33. The van der Waals surface area contributed by atoms with Gasteiger partial charge in [-0.2, -0.15) is 0 Å². The molecule has 144 valence electrons. The number of carbonyl (C=O) groups excluding carboxylic acids is 1. The highest BCUT2D eigenvalue weighted by Crippen LogP contribution is 2.31. The molecule has 0 bridgehead atoms. The molecule has 6 heteroatoms. The molecule has 0 aromatic carbocycles. The van der Waals surface area contributed by atoms with Gasteiger partial charge >= 0.3 is 0 Å². The molecule has 0 unspecified atom stereocenters. The maximum atomic E-state index is 12.9. The van der Waals surface area contributed by atoms with E-state index in [-0.39, 0.29) is 12.0 Å². The minimum absolute atomic E-state index is 0.178. The highest BCUT2D eigenvalue weighted by atomic mass is 32.1. The van der Waals surface area contributed by atoms with E-state index < -0.39 is 0 Å². The predicted octanol–water partition coefficient (Wildman–Crippen LogP) is 3.12. The molecule has 1 fully saturated rings. The SMILES string of the molecule is CCc1ccc(CN2CCc3c(C(=O)N4CC[C@H](OC)C4)csc3C2)nc1. The van der Waals surface area contributed by atoms with Gasteiger partial charge in [-0.05, 0) is 36.5 Å². The Hall–Kier alpha value is -1.76. The number of carbonyl (C=O) groups is 1. The maximum Gasteiger partial charge on any atom is 0.255 e. The molecule has 4 heterocycles. The summed E-state index contributed by atoms with van der Waals surface area (Å²) < 4.78 is 5.40. The zero-order valence-electron chi connectivity index (χ0n) is 16.1. The Morgan fingerprint density at radius 3 is 2.96 bits per heavy atom. The van der Waals surface area contributed by atoms with E-state index in [0.29, 0.717) is 6.54 Å². The minimum atomic E-state index is 0.178. The van der Waals surface area contributed by atoms with Gasteiger partial charge in [-0.1, -0.05) is 13.0 Å². The number of methoxy groups -OCH3 is 1. The van der Waals surface area contributed by atoms with Crippen molar-refractivity contribution in [2.45, 2.75) is 45.4 Å². The van der Waals surface area contributed by atoms with Crippen molar-refractivity contribution in [3.05, 3.63) is 51.0 Å². The summed E-state index contributed by atoms with van der Waals surface area (Å²) in [6.07, 6.45) is 5.07. The molecule has 0 aliphatic carbocycles. The third-order valence-corrected chi connectivity index (χ3v) is 6.72. The summed E-state index contributed by atoms with van der Waals surface area (Å²) in [6, 6.07) is 4.31. The van der Waals surface area contributed by atoms with E-state index in [1.54, 1.807) is 18.4 Å². The monoisotopic (exact) mass is 385 g/mol. The summed E-state index contributed by atoms with van der Waals surface area (Å²) in [5.41, 5.74) is 4.57. The van der Waals surface area contributed by atoms with Crippen LogP contribution in [0.5, 0.6) is 0 Å². The van der Waals surface area contributed by atoms with E-state index in [1.165, 1.54) is 16.0 Å². The Kier molecular flexibility index (Phi) is 5.57. The summed E-state index contributed by atoms with van der Waals surface area (Å²) in [6.45, 7) is 6.41. The number of hydrogen-bond donors (Lipinski definition) is 0. The molecular weight excluding hydrogens is 358 g/mol. The predicted molar refractivity (Wildman–Crippen MR) is 107 cm³/mol. The molecule has 27 heavy (non-hydrogen) atoms. The Labute approximate surface area is 165 Å². The molecule has 2 aromatic heterocycles. The summed E-state index contributed by atoms with van der Waals surface area (Å²) in [4.78, 5) is 23.2. The Morgan fingerprint density at radius 1 is 1.37 bits per heavy atom. The first kappa shape index (κ1) is 18.6.